The molecule has 2 aliphatic heterocycles. The maximum absolute atomic E-state index is 12.4. The van der Waals surface area contributed by atoms with Crippen LogP contribution < -0.4 is 10.6 Å². The summed E-state index contributed by atoms with van der Waals surface area (Å²) in [6, 6.07) is -1.63. The fourth-order valence-corrected chi connectivity index (χ4v) is 3.51. The summed E-state index contributed by atoms with van der Waals surface area (Å²) in [6.45, 7) is 10.1. The van der Waals surface area contributed by atoms with Crippen LogP contribution in [0.5, 0.6) is 0 Å². The third-order valence-corrected chi connectivity index (χ3v) is 4.63. The SMILES string of the molecule is COCO[C@@H]([C@@H]1OC(C=O)=C[C@H](NC(=O)OC(C)(C)C)[C@H]1NC(C)=O)[C@H]1COC(C)(C)O1. The second-order valence-corrected chi connectivity index (χ2v) is 9.07. The Hall–Kier alpha value is -2.21. The Morgan fingerprint density at radius 1 is 1.31 bits per heavy atom. The van der Waals surface area contributed by atoms with Crippen molar-refractivity contribution in [1.82, 2.24) is 10.6 Å². The van der Waals surface area contributed by atoms with Crippen LogP contribution in [0.2, 0.25) is 0 Å². The monoisotopic (exact) mass is 458 g/mol. The van der Waals surface area contributed by atoms with E-state index < -0.39 is 47.9 Å². The van der Waals surface area contributed by atoms with Gasteiger partial charge in [-0.3, -0.25) is 9.59 Å². The van der Waals surface area contributed by atoms with Crippen molar-refractivity contribution in [3.63, 3.8) is 0 Å². The second-order valence-electron chi connectivity index (χ2n) is 9.07. The minimum absolute atomic E-state index is 0.0261. The van der Waals surface area contributed by atoms with E-state index in [-0.39, 0.29) is 25.1 Å². The van der Waals surface area contributed by atoms with Crippen molar-refractivity contribution < 1.29 is 42.8 Å². The summed E-state index contributed by atoms with van der Waals surface area (Å²) in [4.78, 5) is 36.1. The second kappa shape index (κ2) is 10.6. The van der Waals surface area contributed by atoms with E-state index in [4.69, 9.17) is 28.4 Å². The number of alkyl carbamates (subject to hydrolysis) is 1. The number of nitrogens with one attached hydrogen (secondary N) is 2. The summed E-state index contributed by atoms with van der Waals surface area (Å²) in [5, 5.41) is 5.48. The first-order valence-electron chi connectivity index (χ1n) is 10.4. The highest BCUT2D eigenvalue weighted by Gasteiger charge is 2.48. The number of hydrogen-bond acceptors (Lipinski definition) is 9. The molecule has 0 unspecified atom stereocenters. The van der Waals surface area contributed by atoms with Crippen LogP contribution in [0.4, 0.5) is 4.79 Å². The molecule has 11 heteroatoms. The maximum Gasteiger partial charge on any atom is 0.408 e. The molecule has 2 heterocycles. The first kappa shape index (κ1) is 26.0. The molecule has 1 saturated heterocycles. The van der Waals surface area contributed by atoms with E-state index in [0.29, 0.717) is 6.29 Å². The smallest absolute Gasteiger partial charge is 0.408 e. The highest BCUT2D eigenvalue weighted by Crippen LogP contribution is 2.31. The van der Waals surface area contributed by atoms with Crippen molar-refractivity contribution in [3.8, 4) is 0 Å². The van der Waals surface area contributed by atoms with Crippen molar-refractivity contribution >= 4 is 18.3 Å². The molecule has 0 aromatic heterocycles. The average molecular weight is 459 g/mol. The quantitative estimate of drug-likeness (QED) is 0.404. The van der Waals surface area contributed by atoms with E-state index >= 15 is 0 Å². The van der Waals surface area contributed by atoms with Gasteiger partial charge >= 0.3 is 6.09 Å². The lowest BCUT2D eigenvalue weighted by Gasteiger charge is -2.41. The average Bonchev–Trinajstić information content (AvgIpc) is 3.01. The predicted molar refractivity (Wildman–Crippen MR) is 111 cm³/mol. The van der Waals surface area contributed by atoms with Gasteiger partial charge in [0.15, 0.2) is 23.9 Å². The minimum atomic E-state index is -0.915. The molecule has 5 atom stereocenters. The maximum atomic E-state index is 12.4. The first-order valence-corrected chi connectivity index (χ1v) is 10.4. The van der Waals surface area contributed by atoms with Crippen LogP contribution in [0.15, 0.2) is 11.8 Å². The Labute approximate surface area is 188 Å². The van der Waals surface area contributed by atoms with Crippen molar-refractivity contribution in [2.45, 2.75) is 83.3 Å². The standard InChI is InChI=1S/C21H34N2O9/c1-12(25)22-16-14(23-19(26)32-20(2,3)4)8-13(9-24)30-18(16)17(28-11-27-7)15-10-29-21(5,6)31-15/h8-9,14-18H,10-11H2,1-7H3,(H,22,25)(H,23,26)/t14-,15+,16+,17+,18+/m0/s1. The van der Waals surface area contributed by atoms with E-state index in [1.54, 1.807) is 34.6 Å². The van der Waals surface area contributed by atoms with E-state index in [9.17, 15) is 14.4 Å². The Balaban J connectivity index is 2.37. The zero-order valence-corrected chi connectivity index (χ0v) is 19.6. The lowest BCUT2D eigenvalue weighted by Crippen LogP contribution is -2.64. The number of aldehydes is 1. The highest BCUT2D eigenvalue weighted by atomic mass is 16.8. The Bertz CT molecular complexity index is 717. The number of allylic oxidation sites excluding steroid dienone is 1. The number of hydrogen-bond donors (Lipinski definition) is 2. The van der Waals surface area contributed by atoms with Gasteiger partial charge in [0.1, 0.15) is 24.6 Å². The molecule has 0 radical (unpaired) electrons. The zero-order chi connectivity index (χ0) is 24.1. The van der Waals surface area contributed by atoms with Crippen LogP contribution in [0.25, 0.3) is 0 Å². The summed E-state index contributed by atoms with van der Waals surface area (Å²) in [5.74, 6) is -1.24. The van der Waals surface area contributed by atoms with Crippen LogP contribution in [0.1, 0.15) is 41.5 Å². The Morgan fingerprint density at radius 3 is 2.50 bits per heavy atom. The lowest BCUT2D eigenvalue weighted by molar-refractivity contribution is -0.195. The molecule has 0 bridgehead atoms. The van der Waals surface area contributed by atoms with Crippen molar-refractivity contribution in [1.29, 1.82) is 0 Å². The van der Waals surface area contributed by atoms with Gasteiger partial charge in [0.2, 0.25) is 5.91 Å². The fraction of sp³-hybridized carbons (Fsp3) is 0.762. The Kier molecular flexibility index (Phi) is 8.63. The zero-order valence-electron chi connectivity index (χ0n) is 19.6. The summed E-state index contributed by atoms with van der Waals surface area (Å²) in [7, 11) is 1.46. The third-order valence-electron chi connectivity index (χ3n) is 4.63. The number of rotatable bonds is 8. The molecule has 11 nitrogen and oxygen atoms in total. The van der Waals surface area contributed by atoms with Gasteiger partial charge in [-0.15, -0.1) is 0 Å². The lowest BCUT2D eigenvalue weighted by atomic mass is 9.92. The van der Waals surface area contributed by atoms with Crippen molar-refractivity contribution in [2.75, 3.05) is 20.5 Å². The van der Waals surface area contributed by atoms with Gasteiger partial charge in [-0.2, -0.15) is 0 Å². The molecule has 0 saturated carbocycles. The molecule has 2 aliphatic rings. The number of amides is 2. The summed E-state index contributed by atoms with van der Waals surface area (Å²) >= 11 is 0. The molecule has 0 spiro atoms. The normalized spacial score (nSPS) is 28.2. The van der Waals surface area contributed by atoms with Crippen LogP contribution >= 0.6 is 0 Å². The molecular weight excluding hydrogens is 424 g/mol. The summed E-state index contributed by atoms with van der Waals surface area (Å²) in [5.41, 5.74) is -0.736. The van der Waals surface area contributed by atoms with Crippen molar-refractivity contribution in [3.05, 3.63) is 11.8 Å². The molecule has 2 amide bonds. The minimum Gasteiger partial charge on any atom is -0.482 e. The number of methoxy groups -OCH3 is 1. The van der Waals surface area contributed by atoms with E-state index in [2.05, 4.69) is 10.6 Å². The summed E-state index contributed by atoms with van der Waals surface area (Å²) < 4.78 is 33.7. The van der Waals surface area contributed by atoms with Crippen LogP contribution in [-0.4, -0.2) is 80.6 Å². The number of carbonyl (C=O) groups is 3. The van der Waals surface area contributed by atoms with E-state index in [0.717, 1.165) is 0 Å². The number of carbonyl (C=O) groups excluding carboxylic acids is 3. The van der Waals surface area contributed by atoms with Gasteiger partial charge in [-0.05, 0) is 40.7 Å². The topological polar surface area (TPSA) is 131 Å². The third kappa shape index (κ3) is 7.44. The van der Waals surface area contributed by atoms with Gasteiger partial charge in [-0.25, -0.2) is 4.79 Å². The Morgan fingerprint density at radius 2 is 2.00 bits per heavy atom. The number of ether oxygens (including phenoxy) is 6. The van der Waals surface area contributed by atoms with Gasteiger partial charge in [0, 0.05) is 14.0 Å². The molecule has 0 aromatic carbocycles. The van der Waals surface area contributed by atoms with Gasteiger partial charge in [0.25, 0.3) is 0 Å². The summed E-state index contributed by atoms with van der Waals surface area (Å²) in [6.07, 6.45) is -1.09. The van der Waals surface area contributed by atoms with Gasteiger partial charge < -0.3 is 39.1 Å². The molecule has 2 rings (SSSR count). The van der Waals surface area contributed by atoms with E-state index in [1.165, 1.54) is 20.1 Å². The van der Waals surface area contributed by atoms with Crippen LogP contribution in [0, 0.1) is 0 Å². The molecule has 32 heavy (non-hydrogen) atoms. The fourth-order valence-electron chi connectivity index (χ4n) is 3.51. The van der Waals surface area contributed by atoms with Crippen molar-refractivity contribution in [2.24, 2.45) is 0 Å². The molecule has 182 valence electrons. The first-order chi connectivity index (χ1) is 14.8. The molecule has 2 N–H and O–H groups in total. The molecule has 0 aliphatic carbocycles. The van der Waals surface area contributed by atoms with E-state index in [1.807, 2.05) is 0 Å². The van der Waals surface area contributed by atoms with Gasteiger partial charge in [0.05, 0.1) is 18.7 Å². The largest absolute Gasteiger partial charge is 0.482 e. The van der Waals surface area contributed by atoms with Gasteiger partial charge in [-0.1, -0.05) is 0 Å². The molecular formula is C21H34N2O9. The van der Waals surface area contributed by atoms with Crippen LogP contribution in [-0.2, 0) is 38.0 Å². The molecule has 0 aromatic rings. The molecule has 1 fully saturated rings. The highest BCUT2D eigenvalue weighted by molar-refractivity contribution is 5.75. The predicted octanol–water partition coefficient (Wildman–Crippen LogP) is 1.01. The van der Waals surface area contributed by atoms with Crippen LogP contribution in [0.3, 0.4) is 0 Å².